The van der Waals surface area contributed by atoms with E-state index in [0.29, 0.717) is 6.61 Å². The Bertz CT molecular complexity index is 628. The van der Waals surface area contributed by atoms with Crippen molar-refractivity contribution in [2.45, 2.75) is 25.7 Å². The number of unbranched alkanes of at least 4 members (excludes halogenated alkanes) is 3. The molecule has 0 aliphatic carbocycles. The number of amides is 2. The zero-order valence-corrected chi connectivity index (χ0v) is 15.7. The Morgan fingerprint density at radius 3 is 2.15 bits per heavy atom. The number of nitrogens with one attached hydrogen (secondary N) is 2. The number of ether oxygens (including phenoxy) is 1. The van der Waals surface area contributed by atoms with E-state index < -0.39 is 11.8 Å². The average molecular weight is 368 g/mol. The number of carbonyl (C=O) groups excluding carboxylic acids is 2. The first kappa shape index (κ1) is 21.7. The summed E-state index contributed by atoms with van der Waals surface area (Å²) in [5, 5.41) is 9.90. The molecular formula is C17H30N5O4+. The maximum absolute atomic E-state index is 11.9. The highest BCUT2D eigenvalue weighted by Gasteiger charge is 2.19. The minimum absolute atomic E-state index is 0.0450. The van der Waals surface area contributed by atoms with Crippen LogP contribution in [-0.4, -0.2) is 55.7 Å². The standard InChI is InChI=1S/C17H29N5O4/c1-22(2,3)8-6-4-5-7-9-26-15-11-12(16(24)20-18)14(23)10-13(15)17(25)21-19/h10-11H,4-9H2,1-3H3,(H6-,18,19,20,21,23,24,25)/p+1. The van der Waals surface area contributed by atoms with Crippen molar-refractivity contribution in [1.29, 1.82) is 0 Å². The van der Waals surface area contributed by atoms with Gasteiger partial charge in [-0.15, -0.1) is 0 Å². The molecule has 7 N–H and O–H groups in total. The van der Waals surface area contributed by atoms with Gasteiger partial charge in [-0.3, -0.25) is 20.4 Å². The molecule has 26 heavy (non-hydrogen) atoms. The number of nitrogen functional groups attached to an aromatic ring is 2. The van der Waals surface area contributed by atoms with E-state index in [1.165, 1.54) is 6.07 Å². The van der Waals surface area contributed by atoms with Crippen LogP contribution in [0, 0.1) is 0 Å². The van der Waals surface area contributed by atoms with Crippen LogP contribution < -0.4 is 27.3 Å². The molecule has 0 saturated carbocycles. The first-order valence-electron chi connectivity index (χ1n) is 8.51. The van der Waals surface area contributed by atoms with E-state index in [9.17, 15) is 14.7 Å². The molecule has 2 amide bonds. The van der Waals surface area contributed by atoms with Gasteiger partial charge < -0.3 is 14.3 Å². The van der Waals surface area contributed by atoms with Crippen LogP contribution in [0.5, 0.6) is 11.5 Å². The molecule has 0 atom stereocenters. The summed E-state index contributed by atoms with van der Waals surface area (Å²) in [4.78, 5) is 23.5. The van der Waals surface area contributed by atoms with Gasteiger partial charge in [0, 0.05) is 0 Å². The van der Waals surface area contributed by atoms with Gasteiger partial charge in [0.2, 0.25) is 0 Å². The molecule has 0 unspecified atom stereocenters. The molecule has 9 heteroatoms. The van der Waals surface area contributed by atoms with E-state index in [4.69, 9.17) is 16.4 Å². The van der Waals surface area contributed by atoms with E-state index in [-0.39, 0.29) is 22.6 Å². The monoisotopic (exact) mass is 368 g/mol. The number of quaternary nitrogens is 1. The van der Waals surface area contributed by atoms with Gasteiger partial charge in [-0.1, -0.05) is 0 Å². The maximum Gasteiger partial charge on any atom is 0.269 e. The van der Waals surface area contributed by atoms with Gasteiger partial charge in [-0.05, 0) is 37.8 Å². The van der Waals surface area contributed by atoms with Crippen LogP contribution in [-0.2, 0) is 0 Å². The summed E-state index contributed by atoms with van der Waals surface area (Å²) < 4.78 is 6.58. The largest absolute Gasteiger partial charge is 0.507 e. The second-order valence-corrected chi connectivity index (χ2v) is 7.09. The van der Waals surface area contributed by atoms with Gasteiger partial charge in [0.1, 0.15) is 11.5 Å². The Morgan fingerprint density at radius 2 is 1.58 bits per heavy atom. The van der Waals surface area contributed by atoms with Crippen LogP contribution in [0.2, 0.25) is 0 Å². The van der Waals surface area contributed by atoms with Crippen molar-refractivity contribution in [3.8, 4) is 11.5 Å². The van der Waals surface area contributed by atoms with Gasteiger partial charge in [-0.25, -0.2) is 11.7 Å². The molecule has 1 aromatic carbocycles. The molecule has 1 rings (SSSR count). The topological polar surface area (TPSA) is 140 Å². The summed E-state index contributed by atoms with van der Waals surface area (Å²) in [6.45, 7) is 1.49. The number of benzene rings is 1. The molecule has 0 saturated heterocycles. The van der Waals surface area contributed by atoms with Gasteiger partial charge in [0.05, 0.1) is 45.4 Å². The lowest BCUT2D eigenvalue weighted by Crippen LogP contribution is -2.35. The fourth-order valence-corrected chi connectivity index (χ4v) is 2.43. The van der Waals surface area contributed by atoms with E-state index in [1.807, 2.05) is 10.9 Å². The van der Waals surface area contributed by atoms with E-state index >= 15 is 0 Å². The number of hydrogen-bond donors (Lipinski definition) is 5. The maximum atomic E-state index is 11.9. The van der Waals surface area contributed by atoms with Crippen molar-refractivity contribution in [1.82, 2.24) is 10.9 Å². The second kappa shape index (κ2) is 9.95. The molecule has 0 heterocycles. The molecule has 0 bridgehead atoms. The molecule has 9 nitrogen and oxygen atoms in total. The van der Waals surface area contributed by atoms with Crippen molar-refractivity contribution in [2.24, 2.45) is 11.7 Å². The number of hydrazine groups is 2. The fourth-order valence-electron chi connectivity index (χ4n) is 2.43. The summed E-state index contributed by atoms with van der Waals surface area (Å²) in [6, 6.07) is 2.41. The molecular weight excluding hydrogens is 338 g/mol. The summed E-state index contributed by atoms with van der Waals surface area (Å²) >= 11 is 0. The highest BCUT2D eigenvalue weighted by atomic mass is 16.5. The molecule has 0 aliphatic heterocycles. The predicted octanol–water partition coefficient (Wildman–Crippen LogP) is 0.245. The Hall–Kier alpha value is -2.36. The molecule has 0 aromatic heterocycles. The SMILES string of the molecule is C[N+](C)(C)CCCCCCOc1cc(C(=O)NN)c(O)cc1C(=O)NN. The summed E-state index contributed by atoms with van der Waals surface area (Å²) in [6.07, 6.45) is 4.02. The van der Waals surface area contributed by atoms with E-state index in [2.05, 4.69) is 21.1 Å². The lowest BCUT2D eigenvalue weighted by Gasteiger charge is -2.23. The van der Waals surface area contributed by atoms with Crippen LogP contribution in [0.3, 0.4) is 0 Å². The third kappa shape index (κ3) is 6.87. The summed E-state index contributed by atoms with van der Waals surface area (Å²) in [5.74, 6) is 8.71. The van der Waals surface area contributed by atoms with E-state index in [0.717, 1.165) is 42.8 Å². The van der Waals surface area contributed by atoms with Crippen LogP contribution in [0.4, 0.5) is 0 Å². The number of phenols is 1. The number of carbonyl (C=O) groups is 2. The first-order valence-corrected chi connectivity index (χ1v) is 8.51. The van der Waals surface area contributed by atoms with Crippen molar-refractivity contribution in [3.63, 3.8) is 0 Å². The third-order valence-corrected chi connectivity index (χ3v) is 3.83. The normalized spacial score (nSPS) is 11.1. The number of phenolic OH excluding ortho intramolecular Hbond substituents is 1. The highest BCUT2D eigenvalue weighted by Crippen LogP contribution is 2.28. The zero-order valence-electron chi connectivity index (χ0n) is 15.7. The van der Waals surface area contributed by atoms with Gasteiger partial charge in [0.25, 0.3) is 11.8 Å². The lowest BCUT2D eigenvalue weighted by molar-refractivity contribution is -0.870. The minimum Gasteiger partial charge on any atom is -0.507 e. The molecule has 146 valence electrons. The van der Waals surface area contributed by atoms with Crippen molar-refractivity contribution >= 4 is 11.8 Å². The van der Waals surface area contributed by atoms with Gasteiger partial charge in [0.15, 0.2) is 0 Å². The number of rotatable bonds is 10. The van der Waals surface area contributed by atoms with Crippen molar-refractivity contribution in [3.05, 3.63) is 23.3 Å². The summed E-state index contributed by atoms with van der Waals surface area (Å²) in [5.41, 5.74) is 3.88. The number of nitrogens with zero attached hydrogens (tertiary/aromatic N) is 1. The number of hydrogen-bond acceptors (Lipinski definition) is 6. The van der Waals surface area contributed by atoms with Crippen molar-refractivity contribution < 1.29 is 23.9 Å². The van der Waals surface area contributed by atoms with Gasteiger partial charge in [-0.2, -0.15) is 0 Å². The quantitative estimate of drug-likeness (QED) is 0.132. The Morgan fingerprint density at radius 1 is 1.00 bits per heavy atom. The smallest absolute Gasteiger partial charge is 0.269 e. The Balaban J connectivity index is 2.68. The van der Waals surface area contributed by atoms with Gasteiger partial charge >= 0.3 is 0 Å². The molecule has 0 radical (unpaired) electrons. The predicted molar refractivity (Wildman–Crippen MR) is 98.3 cm³/mol. The highest BCUT2D eigenvalue weighted by molar-refractivity contribution is 6.01. The number of nitrogens with two attached hydrogens (primary N) is 2. The molecule has 0 aliphatic rings. The van der Waals surface area contributed by atoms with Crippen LogP contribution in [0.1, 0.15) is 46.4 Å². The first-order chi connectivity index (χ1) is 12.2. The number of aromatic hydroxyl groups is 1. The fraction of sp³-hybridized carbons (Fsp3) is 0.529. The lowest BCUT2D eigenvalue weighted by atomic mass is 10.1. The Labute approximate surface area is 153 Å². The average Bonchev–Trinajstić information content (AvgIpc) is 2.59. The van der Waals surface area contributed by atoms with Crippen LogP contribution >= 0.6 is 0 Å². The van der Waals surface area contributed by atoms with E-state index in [1.54, 1.807) is 0 Å². The molecule has 0 fully saturated rings. The third-order valence-electron chi connectivity index (χ3n) is 3.83. The molecule has 1 aromatic rings. The molecule has 0 spiro atoms. The Kier molecular flexibility index (Phi) is 8.30. The minimum atomic E-state index is -0.688. The van der Waals surface area contributed by atoms with Crippen LogP contribution in [0.25, 0.3) is 0 Å². The summed E-state index contributed by atoms with van der Waals surface area (Å²) in [7, 11) is 6.48. The zero-order chi connectivity index (χ0) is 19.7. The van der Waals surface area contributed by atoms with Crippen LogP contribution in [0.15, 0.2) is 12.1 Å². The second-order valence-electron chi connectivity index (χ2n) is 7.09. The van der Waals surface area contributed by atoms with Crippen molar-refractivity contribution in [2.75, 3.05) is 34.3 Å².